The first kappa shape index (κ1) is 17.0. The van der Waals surface area contributed by atoms with E-state index < -0.39 is 5.82 Å². The Kier molecular flexibility index (Phi) is 5.02. The Hall–Kier alpha value is -2.83. The van der Waals surface area contributed by atoms with E-state index in [9.17, 15) is 14.0 Å². The zero-order valence-corrected chi connectivity index (χ0v) is 14.0. The predicted octanol–water partition coefficient (Wildman–Crippen LogP) is 1.91. The Morgan fingerprint density at radius 1 is 0.960 bits per heavy atom. The summed E-state index contributed by atoms with van der Waals surface area (Å²) in [6, 6.07) is 5.95. The molecule has 130 valence electrons. The maximum Gasteiger partial charge on any atom is 0.274 e. The van der Waals surface area contributed by atoms with Crippen LogP contribution in [0.3, 0.4) is 0 Å². The summed E-state index contributed by atoms with van der Waals surface area (Å²) in [6.07, 6.45) is 3.65. The number of aryl methyl sites for hydroxylation is 1. The maximum atomic E-state index is 13.8. The molecule has 7 heteroatoms. The number of benzene rings is 1. The number of hydrogen-bond donors (Lipinski definition) is 0. The van der Waals surface area contributed by atoms with Crippen molar-refractivity contribution < 1.29 is 14.0 Å². The highest BCUT2D eigenvalue weighted by molar-refractivity contribution is 5.95. The van der Waals surface area contributed by atoms with Crippen LogP contribution in [0.2, 0.25) is 0 Å². The molecule has 0 aliphatic carbocycles. The number of hydrogen-bond acceptors (Lipinski definition) is 4. The van der Waals surface area contributed by atoms with Crippen LogP contribution < -0.4 is 0 Å². The summed E-state index contributed by atoms with van der Waals surface area (Å²) in [7, 11) is 0. The summed E-state index contributed by atoms with van der Waals surface area (Å²) < 4.78 is 13.8. The molecule has 1 saturated heterocycles. The zero-order valence-electron chi connectivity index (χ0n) is 14.0. The van der Waals surface area contributed by atoms with Gasteiger partial charge in [0.05, 0.1) is 17.5 Å². The van der Waals surface area contributed by atoms with E-state index in [1.54, 1.807) is 35.1 Å². The van der Waals surface area contributed by atoms with Crippen molar-refractivity contribution in [2.75, 3.05) is 26.2 Å². The molecule has 3 rings (SSSR count). The molecule has 0 spiro atoms. The number of rotatable bonds is 2. The van der Waals surface area contributed by atoms with Gasteiger partial charge < -0.3 is 9.80 Å². The second-order valence-electron chi connectivity index (χ2n) is 5.96. The Morgan fingerprint density at radius 2 is 1.64 bits per heavy atom. The third-order valence-electron chi connectivity index (χ3n) is 4.17. The van der Waals surface area contributed by atoms with Crippen molar-refractivity contribution in [1.29, 1.82) is 0 Å². The number of carbonyl (C=O) groups excluding carboxylic acids is 2. The molecule has 1 aliphatic heterocycles. The highest BCUT2D eigenvalue weighted by atomic mass is 19.1. The van der Waals surface area contributed by atoms with Crippen molar-refractivity contribution in [2.45, 2.75) is 13.3 Å². The average molecular weight is 342 g/mol. The van der Waals surface area contributed by atoms with Crippen LogP contribution in [0.25, 0.3) is 0 Å². The van der Waals surface area contributed by atoms with Crippen LogP contribution in [0.5, 0.6) is 0 Å². The zero-order chi connectivity index (χ0) is 17.8. The van der Waals surface area contributed by atoms with E-state index in [4.69, 9.17) is 0 Å². The first-order valence-corrected chi connectivity index (χ1v) is 8.18. The van der Waals surface area contributed by atoms with E-state index in [2.05, 4.69) is 9.97 Å². The second kappa shape index (κ2) is 7.38. The standard InChI is InChI=1S/C18H19FN4O2/c1-13-11-21-16(12-20-13)18(25)23-8-4-7-22(9-10-23)17(24)14-5-2-3-6-15(14)19/h2-3,5-6,11-12H,4,7-10H2,1H3. The van der Waals surface area contributed by atoms with Crippen LogP contribution in [0, 0.1) is 12.7 Å². The van der Waals surface area contributed by atoms with E-state index in [0.29, 0.717) is 38.3 Å². The monoisotopic (exact) mass is 342 g/mol. The SMILES string of the molecule is Cc1cnc(C(=O)N2CCCN(C(=O)c3ccccc3F)CC2)cn1. The summed E-state index contributed by atoms with van der Waals surface area (Å²) in [5.41, 5.74) is 1.10. The molecule has 0 unspecified atom stereocenters. The van der Waals surface area contributed by atoms with Crippen molar-refractivity contribution in [1.82, 2.24) is 19.8 Å². The molecule has 25 heavy (non-hydrogen) atoms. The van der Waals surface area contributed by atoms with Gasteiger partial charge in [-0.2, -0.15) is 0 Å². The predicted molar refractivity (Wildman–Crippen MR) is 89.6 cm³/mol. The van der Waals surface area contributed by atoms with Gasteiger partial charge in [-0.25, -0.2) is 9.37 Å². The lowest BCUT2D eigenvalue weighted by Crippen LogP contribution is -2.37. The normalized spacial score (nSPS) is 15.0. The van der Waals surface area contributed by atoms with Crippen LogP contribution >= 0.6 is 0 Å². The molecular formula is C18H19FN4O2. The van der Waals surface area contributed by atoms with Crippen LogP contribution in [-0.4, -0.2) is 57.8 Å². The Morgan fingerprint density at radius 3 is 2.28 bits per heavy atom. The minimum atomic E-state index is -0.528. The average Bonchev–Trinajstić information content (AvgIpc) is 2.88. The number of aromatic nitrogens is 2. The van der Waals surface area contributed by atoms with Crippen molar-refractivity contribution in [3.05, 3.63) is 59.4 Å². The van der Waals surface area contributed by atoms with E-state index in [1.165, 1.54) is 18.3 Å². The Labute approximate surface area is 145 Å². The van der Waals surface area contributed by atoms with Crippen molar-refractivity contribution in [3.8, 4) is 0 Å². The number of nitrogens with zero attached hydrogens (tertiary/aromatic N) is 4. The lowest BCUT2D eigenvalue weighted by atomic mass is 10.2. The largest absolute Gasteiger partial charge is 0.337 e. The van der Waals surface area contributed by atoms with Crippen molar-refractivity contribution in [3.63, 3.8) is 0 Å². The summed E-state index contributed by atoms with van der Waals surface area (Å²) in [4.78, 5) is 36.5. The molecule has 2 heterocycles. The second-order valence-corrected chi connectivity index (χ2v) is 5.96. The molecule has 1 aliphatic rings. The van der Waals surface area contributed by atoms with Crippen molar-refractivity contribution in [2.24, 2.45) is 0 Å². The third-order valence-corrected chi connectivity index (χ3v) is 4.17. The molecule has 2 aromatic rings. The third kappa shape index (κ3) is 3.81. The van der Waals surface area contributed by atoms with Gasteiger partial charge in [-0.05, 0) is 25.5 Å². The summed E-state index contributed by atoms with van der Waals surface area (Å²) in [6.45, 7) is 3.55. The molecule has 1 aromatic heterocycles. The summed E-state index contributed by atoms with van der Waals surface area (Å²) in [5.74, 6) is -1.07. The highest BCUT2D eigenvalue weighted by Gasteiger charge is 2.25. The van der Waals surface area contributed by atoms with Gasteiger partial charge in [-0.1, -0.05) is 12.1 Å². The molecule has 1 fully saturated rings. The van der Waals surface area contributed by atoms with E-state index in [-0.39, 0.29) is 17.4 Å². The molecule has 6 nitrogen and oxygen atoms in total. The molecule has 1 aromatic carbocycles. The van der Waals surface area contributed by atoms with Gasteiger partial charge in [0.1, 0.15) is 11.5 Å². The van der Waals surface area contributed by atoms with Gasteiger partial charge in [0, 0.05) is 32.4 Å². The minimum absolute atomic E-state index is 0.0617. The minimum Gasteiger partial charge on any atom is -0.337 e. The smallest absolute Gasteiger partial charge is 0.274 e. The maximum absolute atomic E-state index is 13.8. The van der Waals surface area contributed by atoms with Crippen LogP contribution in [-0.2, 0) is 0 Å². The molecule has 2 amide bonds. The number of carbonyl (C=O) groups is 2. The molecular weight excluding hydrogens is 323 g/mol. The van der Waals surface area contributed by atoms with Crippen molar-refractivity contribution >= 4 is 11.8 Å². The molecule has 0 N–H and O–H groups in total. The highest BCUT2D eigenvalue weighted by Crippen LogP contribution is 2.13. The van der Waals surface area contributed by atoms with Gasteiger partial charge in [-0.3, -0.25) is 14.6 Å². The molecule has 0 bridgehead atoms. The Balaban J connectivity index is 1.68. The van der Waals surface area contributed by atoms with E-state index in [1.807, 2.05) is 0 Å². The fourth-order valence-corrected chi connectivity index (χ4v) is 2.79. The number of halogens is 1. The topological polar surface area (TPSA) is 66.4 Å². The number of amides is 2. The molecule has 0 radical (unpaired) electrons. The van der Waals surface area contributed by atoms with Gasteiger partial charge in [0.25, 0.3) is 11.8 Å². The van der Waals surface area contributed by atoms with Crippen LogP contribution in [0.4, 0.5) is 4.39 Å². The van der Waals surface area contributed by atoms with Gasteiger partial charge in [-0.15, -0.1) is 0 Å². The van der Waals surface area contributed by atoms with Gasteiger partial charge in [0.15, 0.2) is 0 Å². The first-order chi connectivity index (χ1) is 12.1. The van der Waals surface area contributed by atoms with Crippen LogP contribution in [0.15, 0.2) is 36.7 Å². The molecule has 0 atom stereocenters. The van der Waals surface area contributed by atoms with E-state index >= 15 is 0 Å². The summed E-state index contributed by atoms with van der Waals surface area (Å²) >= 11 is 0. The quantitative estimate of drug-likeness (QED) is 0.836. The fourth-order valence-electron chi connectivity index (χ4n) is 2.79. The van der Waals surface area contributed by atoms with E-state index in [0.717, 1.165) is 5.69 Å². The lowest BCUT2D eigenvalue weighted by Gasteiger charge is -2.22. The Bertz CT molecular complexity index is 779. The summed E-state index contributed by atoms with van der Waals surface area (Å²) in [5, 5.41) is 0. The lowest BCUT2D eigenvalue weighted by molar-refractivity contribution is 0.0713. The van der Waals surface area contributed by atoms with Gasteiger partial charge in [0.2, 0.25) is 0 Å². The fraction of sp³-hybridized carbons (Fsp3) is 0.333. The van der Waals surface area contributed by atoms with Crippen LogP contribution in [0.1, 0.15) is 33.0 Å². The molecule has 0 saturated carbocycles. The first-order valence-electron chi connectivity index (χ1n) is 8.18. The van der Waals surface area contributed by atoms with Gasteiger partial charge >= 0.3 is 0 Å².